The maximum Gasteiger partial charge on any atom is 0.337 e. The van der Waals surface area contributed by atoms with E-state index >= 15 is 0 Å². The standard InChI is InChI=1S/C17H16ClNO4/c1-22-10-11-3-5-12(6-4-11)16(20)19-15-9-13(17(21)23-2)7-8-14(15)18/h3-9H,10H2,1-2H3,(H,19,20). The molecule has 23 heavy (non-hydrogen) atoms. The van der Waals surface area contributed by atoms with Crippen LogP contribution in [0.2, 0.25) is 5.02 Å². The van der Waals surface area contributed by atoms with E-state index in [4.69, 9.17) is 16.3 Å². The highest BCUT2D eigenvalue weighted by Gasteiger charge is 2.12. The maximum absolute atomic E-state index is 12.3. The minimum absolute atomic E-state index is 0.308. The largest absolute Gasteiger partial charge is 0.465 e. The molecule has 120 valence electrons. The first-order valence-corrected chi connectivity index (χ1v) is 7.20. The van der Waals surface area contributed by atoms with Crippen molar-refractivity contribution in [1.29, 1.82) is 0 Å². The highest BCUT2D eigenvalue weighted by Crippen LogP contribution is 2.24. The SMILES string of the molecule is COCc1ccc(C(=O)Nc2cc(C(=O)OC)ccc2Cl)cc1. The van der Waals surface area contributed by atoms with Crippen LogP contribution in [0.5, 0.6) is 0 Å². The molecule has 1 N–H and O–H groups in total. The normalized spacial score (nSPS) is 10.2. The average molecular weight is 334 g/mol. The van der Waals surface area contributed by atoms with E-state index in [1.54, 1.807) is 19.2 Å². The lowest BCUT2D eigenvalue weighted by molar-refractivity contribution is 0.0600. The van der Waals surface area contributed by atoms with Gasteiger partial charge in [0.2, 0.25) is 0 Å². The molecular weight excluding hydrogens is 318 g/mol. The Kier molecular flexibility index (Phi) is 5.73. The van der Waals surface area contributed by atoms with E-state index in [0.29, 0.717) is 28.4 Å². The molecule has 0 aliphatic carbocycles. The molecule has 0 aliphatic rings. The molecule has 0 saturated carbocycles. The summed E-state index contributed by atoms with van der Waals surface area (Å²) in [6.45, 7) is 0.481. The number of ether oxygens (including phenoxy) is 2. The van der Waals surface area contributed by atoms with Crippen LogP contribution in [0, 0.1) is 0 Å². The number of benzene rings is 2. The van der Waals surface area contributed by atoms with E-state index in [1.165, 1.54) is 25.3 Å². The second-order valence-corrected chi connectivity index (χ2v) is 5.18. The average Bonchev–Trinajstić information content (AvgIpc) is 2.57. The van der Waals surface area contributed by atoms with Gasteiger partial charge in [0.15, 0.2) is 0 Å². The number of hydrogen-bond donors (Lipinski definition) is 1. The van der Waals surface area contributed by atoms with Gasteiger partial charge in [0.1, 0.15) is 0 Å². The summed E-state index contributed by atoms with van der Waals surface area (Å²) in [7, 11) is 2.90. The van der Waals surface area contributed by atoms with Crippen LogP contribution in [0.3, 0.4) is 0 Å². The molecule has 5 nitrogen and oxygen atoms in total. The Morgan fingerprint density at radius 1 is 1.04 bits per heavy atom. The fraction of sp³-hybridized carbons (Fsp3) is 0.176. The van der Waals surface area contributed by atoms with Gasteiger partial charge in [-0.3, -0.25) is 4.79 Å². The number of methoxy groups -OCH3 is 2. The van der Waals surface area contributed by atoms with E-state index < -0.39 is 5.97 Å². The molecule has 6 heteroatoms. The van der Waals surface area contributed by atoms with E-state index in [9.17, 15) is 9.59 Å². The smallest absolute Gasteiger partial charge is 0.337 e. The van der Waals surface area contributed by atoms with E-state index in [-0.39, 0.29) is 5.91 Å². The molecule has 0 aliphatic heterocycles. The number of rotatable bonds is 5. The van der Waals surface area contributed by atoms with Gasteiger partial charge < -0.3 is 14.8 Å². The first-order chi connectivity index (χ1) is 11.0. The lowest BCUT2D eigenvalue weighted by atomic mass is 10.1. The highest BCUT2D eigenvalue weighted by atomic mass is 35.5. The summed E-state index contributed by atoms with van der Waals surface area (Å²) in [5, 5.41) is 3.02. The second-order valence-electron chi connectivity index (χ2n) is 4.77. The zero-order chi connectivity index (χ0) is 16.8. The molecule has 0 fully saturated rings. The quantitative estimate of drug-likeness (QED) is 0.850. The summed E-state index contributed by atoms with van der Waals surface area (Å²) in [4.78, 5) is 23.8. The number of carbonyl (C=O) groups excluding carboxylic acids is 2. The molecule has 0 spiro atoms. The molecule has 0 heterocycles. The minimum atomic E-state index is -0.499. The van der Waals surface area contributed by atoms with Crippen molar-refractivity contribution in [3.63, 3.8) is 0 Å². The summed E-state index contributed by atoms with van der Waals surface area (Å²) in [6.07, 6.45) is 0. The van der Waals surface area contributed by atoms with Gasteiger partial charge in [-0.2, -0.15) is 0 Å². The topological polar surface area (TPSA) is 64.6 Å². The van der Waals surface area contributed by atoms with Crippen LogP contribution in [-0.2, 0) is 16.1 Å². The predicted molar refractivity (Wildman–Crippen MR) is 87.9 cm³/mol. The van der Waals surface area contributed by atoms with Gasteiger partial charge in [-0.1, -0.05) is 23.7 Å². The van der Waals surface area contributed by atoms with Crippen molar-refractivity contribution in [3.8, 4) is 0 Å². The molecule has 0 saturated heterocycles. The minimum Gasteiger partial charge on any atom is -0.465 e. The van der Waals surface area contributed by atoms with Crippen molar-refractivity contribution in [1.82, 2.24) is 0 Å². The highest BCUT2D eigenvalue weighted by molar-refractivity contribution is 6.34. The van der Waals surface area contributed by atoms with Crippen LogP contribution >= 0.6 is 11.6 Å². The third-order valence-corrected chi connectivity index (χ3v) is 3.49. The van der Waals surface area contributed by atoms with Crippen LogP contribution in [0.1, 0.15) is 26.3 Å². The Morgan fingerprint density at radius 2 is 1.70 bits per heavy atom. The van der Waals surface area contributed by atoms with Gasteiger partial charge in [-0.15, -0.1) is 0 Å². The van der Waals surface area contributed by atoms with Gasteiger partial charge in [0, 0.05) is 12.7 Å². The lowest BCUT2D eigenvalue weighted by Crippen LogP contribution is -2.13. The zero-order valence-corrected chi connectivity index (χ0v) is 13.5. The maximum atomic E-state index is 12.3. The molecule has 0 aromatic heterocycles. The van der Waals surface area contributed by atoms with Crippen LogP contribution in [0.4, 0.5) is 5.69 Å². The van der Waals surface area contributed by atoms with Gasteiger partial charge in [0.05, 0.1) is 30.0 Å². The monoisotopic (exact) mass is 333 g/mol. The van der Waals surface area contributed by atoms with Crippen molar-refractivity contribution in [2.24, 2.45) is 0 Å². The van der Waals surface area contributed by atoms with Crippen molar-refractivity contribution in [2.75, 3.05) is 19.5 Å². The van der Waals surface area contributed by atoms with Crippen LogP contribution < -0.4 is 5.32 Å². The summed E-state index contributed by atoms with van der Waals surface area (Å²) in [5.74, 6) is -0.820. The zero-order valence-electron chi connectivity index (χ0n) is 12.8. The van der Waals surface area contributed by atoms with Gasteiger partial charge >= 0.3 is 5.97 Å². The first-order valence-electron chi connectivity index (χ1n) is 6.82. The number of nitrogens with one attached hydrogen (secondary N) is 1. The Bertz CT molecular complexity index is 713. The van der Waals surface area contributed by atoms with Crippen LogP contribution in [0.25, 0.3) is 0 Å². The third kappa shape index (κ3) is 4.31. The molecule has 0 radical (unpaired) electrons. The first kappa shape index (κ1) is 17.0. The summed E-state index contributed by atoms with van der Waals surface area (Å²) >= 11 is 6.06. The Labute approximate surface area is 139 Å². The van der Waals surface area contributed by atoms with Crippen molar-refractivity contribution in [2.45, 2.75) is 6.61 Å². The van der Waals surface area contributed by atoms with Crippen molar-refractivity contribution in [3.05, 3.63) is 64.2 Å². The van der Waals surface area contributed by atoms with Crippen molar-refractivity contribution < 1.29 is 19.1 Å². The molecular formula is C17H16ClNO4. The summed E-state index contributed by atoms with van der Waals surface area (Å²) < 4.78 is 9.67. The molecule has 0 atom stereocenters. The lowest BCUT2D eigenvalue weighted by Gasteiger charge is -2.09. The molecule has 2 rings (SSSR count). The summed E-state index contributed by atoms with van der Waals surface area (Å²) in [6, 6.07) is 11.6. The Hall–Kier alpha value is -2.37. The molecule has 2 aromatic carbocycles. The fourth-order valence-corrected chi connectivity index (χ4v) is 2.14. The number of halogens is 1. The number of carbonyl (C=O) groups is 2. The van der Waals surface area contributed by atoms with E-state index in [2.05, 4.69) is 10.1 Å². The fourth-order valence-electron chi connectivity index (χ4n) is 1.98. The third-order valence-electron chi connectivity index (χ3n) is 3.16. The van der Waals surface area contributed by atoms with Crippen LogP contribution in [0.15, 0.2) is 42.5 Å². The predicted octanol–water partition coefficient (Wildman–Crippen LogP) is 3.53. The van der Waals surface area contributed by atoms with Gasteiger partial charge in [0.25, 0.3) is 5.91 Å². The summed E-state index contributed by atoms with van der Waals surface area (Å²) in [5.41, 5.74) is 2.10. The van der Waals surface area contributed by atoms with E-state index in [0.717, 1.165) is 5.56 Å². The molecule has 2 aromatic rings. The molecule has 1 amide bonds. The van der Waals surface area contributed by atoms with Crippen molar-refractivity contribution >= 4 is 29.2 Å². The van der Waals surface area contributed by atoms with Crippen LogP contribution in [-0.4, -0.2) is 26.1 Å². The Morgan fingerprint density at radius 3 is 2.30 bits per heavy atom. The van der Waals surface area contributed by atoms with Gasteiger partial charge in [-0.05, 0) is 35.9 Å². The molecule has 0 unspecified atom stereocenters. The number of hydrogen-bond acceptors (Lipinski definition) is 4. The molecule has 0 bridgehead atoms. The van der Waals surface area contributed by atoms with Gasteiger partial charge in [-0.25, -0.2) is 4.79 Å². The van der Waals surface area contributed by atoms with E-state index in [1.807, 2.05) is 12.1 Å². The number of anilines is 1. The number of amides is 1. The Balaban J connectivity index is 2.17. The second kappa shape index (κ2) is 7.76. The number of esters is 1.